The molecule has 1 aromatic rings. The van der Waals surface area contributed by atoms with Crippen molar-refractivity contribution in [3.05, 3.63) is 17.9 Å². The van der Waals surface area contributed by atoms with E-state index in [-0.39, 0.29) is 5.76 Å². The molecule has 4 heteroatoms. The van der Waals surface area contributed by atoms with E-state index in [1.807, 2.05) is 0 Å². The number of hydrogen-bond donors (Lipinski definition) is 1. The van der Waals surface area contributed by atoms with Crippen molar-refractivity contribution >= 4 is 11.9 Å². The first-order valence-electron chi connectivity index (χ1n) is 6.85. The van der Waals surface area contributed by atoms with Crippen molar-refractivity contribution in [1.82, 2.24) is 0 Å². The van der Waals surface area contributed by atoms with Gasteiger partial charge in [0.05, 0.1) is 0 Å². The summed E-state index contributed by atoms with van der Waals surface area (Å²) >= 11 is 0. The maximum atomic E-state index is 10.9. The van der Waals surface area contributed by atoms with Crippen molar-refractivity contribution < 1.29 is 14.3 Å². The lowest BCUT2D eigenvalue weighted by atomic mass is 9.96. The van der Waals surface area contributed by atoms with E-state index >= 15 is 0 Å². The third kappa shape index (κ3) is 2.00. The summed E-state index contributed by atoms with van der Waals surface area (Å²) < 4.78 is 5.45. The first-order valence-corrected chi connectivity index (χ1v) is 6.85. The number of furan rings is 1. The zero-order valence-electron chi connectivity index (χ0n) is 10.5. The van der Waals surface area contributed by atoms with Crippen LogP contribution >= 0.6 is 0 Å². The van der Waals surface area contributed by atoms with E-state index in [1.165, 1.54) is 38.5 Å². The van der Waals surface area contributed by atoms with Crippen LogP contribution in [0.5, 0.6) is 0 Å². The Morgan fingerprint density at radius 3 is 2.67 bits per heavy atom. The molecule has 4 nitrogen and oxygen atoms in total. The van der Waals surface area contributed by atoms with E-state index < -0.39 is 5.97 Å². The SMILES string of the molecule is O=C(O)c1ccc(N2CCCC2C2CCCC2)o1. The summed E-state index contributed by atoms with van der Waals surface area (Å²) in [7, 11) is 0. The molecule has 2 heterocycles. The minimum Gasteiger partial charge on any atom is -0.475 e. The van der Waals surface area contributed by atoms with Crippen LogP contribution in [0.15, 0.2) is 16.5 Å². The fourth-order valence-corrected chi connectivity index (χ4v) is 3.50. The second-order valence-corrected chi connectivity index (χ2v) is 5.39. The van der Waals surface area contributed by atoms with Gasteiger partial charge >= 0.3 is 5.97 Å². The first-order chi connectivity index (χ1) is 8.75. The molecular weight excluding hydrogens is 230 g/mol. The van der Waals surface area contributed by atoms with Gasteiger partial charge in [-0.15, -0.1) is 0 Å². The minimum atomic E-state index is -0.988. The van der Waals surface area contributed by atoms with Gasteiger partial charge in [0.2, 0.25) is 5.76 Å². The van der Waals surface area contributed by atoms with Crippen molar-refractivity contribution in [3.63, 3.8) is 0 Å². The van der Waals surface area contributed by atoms with Crippen LogP contribution < -0.4 is 4.90 Å². The van der Waals surface area contributed by atoms with Crippen molar-refractivity contribution in [2.24, 2.45) is 5.92 Å². The molecule has 1 aromatic heterocycles. The van der Waals surface area contributed by atoms with Crippen molar-refractivity contribution in [3.8, 4) is 0 Å². The molecule has 0 radical (unpaired) electrons. The third-order valence-electron chi connectivity index (χ3n) is 4.33. The first kappa shape index (κ1) is 11.6. The molecule has 0 bridgehead atoms. The summed E-state index contributed by atoms with van der Waals surface area (Å²) in [6.45, 7) is 0.994. The maximum absolute atomic E-state index is 10.9. The van der Waals surface area contributed by atoms with Crippen LogP contribution in [-0.2, 0) is 0 Å². The van der Waals surface area contributed by atoms with Gasteiger partial charge in [-0.1, -0.05) is 12.8 Å². The molecule has 1 aliphatic heterocycles. The molecule has 2 fully saturated rings. The van der Waals surface area contributed by atoms with Crippen molar-refractivity contribution in [1.29, 1.82) is 0 Å². The predicted molar refractivity (Wildman–Crippen MR) is 68.0 cm³/mol. The molecule has 1 saturated carbocycles. The highest BCUT2D eigenvalue weighted by molar-refractivity contribution is 5.84. The lowest BCUT2D eigenvalue weighted by molar-refractivity contribution is 0.0663. The second-order valence-electron chi connectivity index (χ2n) is 5.39. The molecule has 18 heavy (non-hydrogen) atoms. The Balaban J connectivity index is 1.78. The second kappa shape index (κ2) is 4.67. The highest BCUT2D eigenvalue weighted by Gasteiger charge is 2.34. The lowest BCUT2D eigenvalue weighted by Gasteiger charge is -2.29. The van der Waals surface area contributed by atoms with Crippen LogP contribution in [-0.4, -0.2) is 23.7 Å². The molecule has 0 spiro atoms. The maximum Gasteiger partial charge on any atom is 0.371 e. The van der Waals surface area contributed by atoms with E-state index in [0.29, 0.717) is 6.04 Å². The molecule has 1 saturated heterocycles. The lowest BCUT2D eigenvalue weighted by Crippen LogP contribution is -2.34. The van der Waals surface area contributed by atoms with Gasteiger partial charge in [0.25, 0.3) is 0 Å². The molecule has 98 valence electrons. The van der Waals surface area contributed by atoms with Gasteiger partial charge in [0.15, 0.2) is 5.88 Å². The topological polar surface area (TPSA) is 53.7 Å². The molecule has 1 atom stereocenters. The van der Waals surface area contributed by atoms with Crippen LogP contribution in [0.25, 0.3) is 0 Å². The molecule has 0 aromatic carbocycles. The quantitative estimate of drug-likeness (QED) is 0.894. The van der Waals surface area contributed by atoms with E-state index in [2.05, 4.69) is 4.90 Å². The van der Waals surface area contributed by atoms with Crippen molar-refractivity contribution in [2.75, 3.05) is 11.4 Å². The summed E-state index contributed by atoms with van der Waals surface area (Å²) in [5, 5.41) is 8.91. The Hall–Kier alpha value is -1.45. The molecule has 2 aliphatic rings. The average Bonchev–Trinajstić information content (AvgIpc) is 3.10. The number of rotatable bonds is 3. The monoisotopic (exact) mass is 249 g/mol. The fraction of sp³-hybridized carbons (Fsp3) is 0.643. The Morgan fingerprint density at radius 1 is 1.22 bits per heavy atom. The van der Waals surface area contributed by atoms with E-state index in [4.69, 9.17) is 9.52 Å². The fourth-order valence-electron chi connectivity index (χ4n) is 3.50. The number of nitrogens with zero attached hydrogens (tertiary/aromatic N) is 1. The average molecular weight is 249 g/mol. The molecule has 0 amide bonds. The zero-order valence-corrected chi connectivity index (χ0v) is 10.5. The minimum absolute atomic E-state index is 0.0436. The number of anilines is 1. The molecule has 1 unspecified atom stereocenters. The highest BCUT2D eigenvalue weighted by atomic mass is 16.4. The summed E-state index contributed by atoms with van der Waals surface area (Å²) in [6.07, 6.45) is 7.71. The van der Waals surface area contributed by atoms with Gasteiger partial charge in [-0.05, 0) is 37.7 Å². The third-order valence-corrected chi connectivity index (χ3v) is 4.33. The zero-order chi connectivity index (χ0) is 12.5. The van der Waals surface area contributed by atoms with E-state index in [1.54, 1.807) is 12.1 Å². The Morgan fingerprint density at radius 2 is 2.00 bits per heavy atom. The van der Waals surface area contributed by atoms with E-state index in [9.17, 15) is 4.79 Å². The van der Waals surface area contributed by atoms with Gasteiger partial charge in [-0.2, -0.15) is 0 Å². The van der Waals surface area contributed by atoms with Crippen LogP contribution in [0, 0.1) is 5.92 Å². The highest BCUT2D eigenvalue weighted by Crippen LogP contribution is 2.38. The number of aromatic carboxylic acids is 1. The molecule has 1 N–H and O–H groups in total. The molecule has 1 aliphatic carbocycles. The van der Waals surface area contributed by atoms with E-state index in [0.717, 1.165) is 18.3 Å². The molecule has 3 rings (SSSR count). The van der Waals surface area contributed by atoms with Crippen LogP contribution in [0.3, 0.4) is 0 Å². The standard InChI is InChI=1S/C14H19NO3/c16-14(17)12-7-8-13(18-12)15-9-3-6-11(15)10-4-1-2-5-10/h7-8,10-11H,1-6,9H2,(H,16,17). The number of carbonyl (C=O) groups is 1. The Labute approximate surface area is 107 Å². The van der Waals surface area contributed by atoms with Gasteiger partial charge in [0.1, 0.15) is 0 Å². The Kier molecular flexibility index (Phi) is 3.02. The van der Waals surface area contributed by atoms with Crippen LogP contribution in [0.1, 0.15) is 49.1 Å². The van der Waals surface area contributed by atoms with Gasteiger partial charge in [-0.25, -0.2) is 4.79 Å². The van der Waals surface area contributed by atoms with Gasteiger partial charge in [0, 0.05) is 18.7 Å². The number of carboxylic acids is 1. The van der Waals surface area contributed by atoms with Gasteiger partial charge in [-0.3, -0.25) is 0 Å². The number of hydrogen-bond acceptors (Lipinski definition) is 3. The largest absolute Gasteiger partial charge is 0.475 e. The van der Waals surface area contributed by atoms with Gasteiger partial charge < -0.3 is 14.4 Å². The van der Waals surface area contributed by atoms with Crippen LogP contribution in [0.4, 0.5) is 5.88 Å². The van der Waals surface area contributed by atoms with Crippen LogP contribution in [0.2, 0.25) is 0 Å². The summed E-state index contributed by atoms with van der Waals surface area (Å²) in [5.41, 5.74) is 0. The summed E-state index contributed by atoms with van der Waals surface area (Å²) in [6, 6.07) is 3.92. The summed E-state index contributed by atoms with van der Waals surface area (Å²) in [4.78, 5) is 13.1. The Bertz CT molecular complexity index is 434. The number of carboxylic acid groups (broad SMARTS) is 1. The molecular formula is C14H19NO3. The predicted octanol–water partition coefficient (Wildman–Crippen LogP) is 3.14. The normalized spacial score (nSPS) is 24.9. The van der Waals surface area contributed by atoms with Crippen molar-refractivity contribution in [2.45, 2.75) is 44.6 Å². The summed E-state index contributed by atoms with van der Waals surface area (Å²) in [5.74, 6) is 0.563. The smallest absolute Gasteiger partial charge is 0.371 e.